The van der Waals surface area contributed by atoms with Crippen LogP contribution in [0, 0.1) is 0 Å². The van der Waals surface area contributed by atoms with E-state index in [1.165, 1.54) is 0 Å². The van der Waals surface area contributed by atoms with Gasteiger partial charge in [-0.3, -0.25) is 9.78 Å². The molecule has 3 aromatic carbocycles. The second-order valence-electron chi connectivity index (χ2n) is 7.56. The van der Waals surface area contributed by atoms with Crippen LogP contribution in [0.25, 0.3) is 22.0 Å². The average Bonchev–Trinajstić information content (AvgIpc) is 2.88. The molecule has 32 heavy (non-hydrogen) atoms. The molecule has 1 amide bonds. The monoisotopic (exact) mass is 415 g/mol. The van der Waals surface area contributed by atoms with E-state index >= 15 is 0 Å². The van der Waals surface area contributed by atoms with Crippen LogP contribution in [0.15, 0.2) is 116 Å². The van der Waals surface area contributed by atoms with Crippen LogP contribution in [0.2, 0.25) is 0 Å². The van der Waals surface area contributed by atoms with Crippen molar-refractivity contribution in [2.75, 3.05) is 4.90 Å². The lowest BCUT2D eigenvalue weighted by atomic mass is 10.0. The van der Waals surface area contributed by atoms with Gasteiger partial charge in [-0.1, -0.05) is 72.8 Å². The van der Waals surface area contributed by atoms with Gasteiger partial charge in [0, 0.05) is 23.5 Å². The minimum atomic E-state index is -0.141. The SMILES string of the molecule is O=C(c1ccc2cnccc2n1)N(Cc1ccccc1)c1cccc(-c2ccccc2)c1. The van der Waals surface area contributed by atoms with Gasteiger partial charge in [-0.2, -0.15) is 0 Å². The lowest BCUT2D eigenvalue weighted by Gasteiger charge is -2.23. The number of pyridine rings is 2. The van der Waals surface area contributed by atoms with Gasteiger partial charge in [-0.05, 0) is 47.0 Å². The normalized spacial score (nSPS) is 10.8. The fourth-order valence-corrected chi connectivity index (χ4v) is 3.75. The molecule has 0 radical (unpaired) electrons. The first-order valence-corrected chi connectivity index (χ1v) is 10.5. The molecule has 0 N–H and O–H groups in total. The number of hydrogen-bond donors (Lipinski definition) is 0. The number of nitrogens with zero attached hydrogens (tertiary/aromatic N) is 3. The average molecular weight is 415 g/mol. The predicted octanol–water partition coefficient (Wildman–Crippen LogP) is 6.14. The molecule has 0 aliphatic heterocycles. The molecule has 2 aromatic heterocycles. The van der Waals surface area contributed by atoms with Crippen molar-refractivity contribution in [2.24, 2.45) is 0 Å². The first kappa shape index (κ1) is 19.6. The van der Waals surface area contributed by atoms with E-state index in [0.717, 1.165) is 33.3 Å². The zero-order chi connectivity index (χ0) is 21.8. The highest BCUT2D eigenvalue weighted by Gasteiger charge is 2.20. The van der Waals surface area contributed by atoms with E-state index in [1.54, 1.807) is 23.4 Å². The topological polar surface area (TPSA) is 46.1 Å². The highest BCUT2D eigenvalue weighted by atomic mass is 16.2. The van der Waals surface area contributed by atoms with Crippen molar-refractivity contribution in [3.8, 4) is 11.1 Å². The van der Waals surface area contributed by atoms with Gasteiger partial charge in [0.1, 0.15) is 5.69 Å². The molecule has 0 fully saturated rings. The Kier molecular flexibility index (Phi) is 5.41. The maximum absolute atomic E-state index is 13.7. The Morgan fingerprint density at radius 2 is 1.50 bits per heavy atom. The molecule has 0 saturated carbocycles. The number of hydrogen-bond acceptors (Lipinski definition) is 3. The molecule has 154 valence electrons. The zero-order valence-electron chi connectivity index (χ0n) is 17.4. The fourth-order valence-electron chi connectivity index (χ4n) is 3.75. The van der Waals surface area contributed by atoms with Crippen LogP contribution < -0.4 is 4.90 Å². The van der Waals surface area contributed by atoms with Crippen molar-refractivity contribution in [3.63, 3.8) is 0 Å². The van der Waals surface area contributed by atoms with E-state index in [9.17, 15) is 4.79 Å². The van der Waals surface area contributed by atoms with Gasteiger partial charge in [0.15, 0.2) is 0 Å². The largest absolute Gasteiger partial charge is 0.303 e. The molecule has 0 spiro atoms. The number of carbonyl (C=O) groups is 1. The van der Waals surface area contributed by atoms with Crippen LogP contribution in [0.4, 0.5) is 5.69 Å². The first-order chi connectivity index (χ1) is 15.8. The van der Waals surface area contributed by atoms with Gasteiger partial charge in [0.2, 0.25) is 0 Å². The number of amides is 1. The van der Waals surface area contributed by atoms with Crippen molar-refractivity contribution in [3.05, 3.63) is 127 Å². The second-order valence-corrected chi connectivity index (χ2v) is 7.56. The maximum Gasteiger partial charge on any atom is 0.277 e. The molecule has 0 unspecified atom stereocenters. The summed E-state index contributed by atoms with van der Waals surface area (Å²) in [5, 5.41) is 0.907. The Labute approximate surface area is 186 Å². The Morgan fingerprint density at radius 3 is 2.31 bits per heavy atom. The summed E-state index contributed by atoms with van der Waals surface area (Å²) < 4.78 is 0. The predicted molar refractivity (Wildman–Crippen MR) is 128 cm³/mol. The number of benzene rings is 3. The fraction of sp³-hybridized carbons (Fsp3) is 0.0357. The molecular formula is C28H21N3O. The molecule has 0 bridgehead atoms. The van der Waals surface area contributed by atoms with Crippen molar-refractivity contribution in [1.29, 1.82) is 0 Å². The Bertz CT molecular complexity index is 1370. The van der Waals surface area contributed by atoms with Crippen LogP contribution >= 0.6 is 0 Å². The van der Waals surface area contributed by atoms with Crippen molar-refractivity contribution in [1.82, 2.24) is 9.97 Å². The standard InChI is InChI=1S/C28H21N3O/c32-28(27-15-14-24-19-29-17-16-26(24)30-27)31(20-21-8-3-1-4-9-21)25-13-7-12-23(18-25)22-10-5-2-6-11-22/h1-19H,20H2. The minimum Gasteiger partial charge on any atom is -0.303 e. The van der Waals surface area contributed by atoms with Gasteiger partial charge >= 0.3 is 0 Å². The first-order valence-electron chi connectivity index (χ1n) is 10.5. The van der Waals surface area contributed by atoms with Crippen LogP contribution in [0.5, 0.6) is 0 Å². The third kappa shape index (κ3) is 4.12. The minimum absolute atomic E-state index is 0.141. The molecule has 0 atom stereocenters. The molecule has 0 aliphatic carbocycles. The molecule has 0 saturated heterocycles. The molecule has 0 aliphatic rings. The Balaban J connectivity index is 1.57. The highest BCUT2D eigenvalue weighted by molar-refractivity contribution is 6.06. The number of anilines is 1. The third-order valence-corrected chi connectivity index (χ3v) is 5.40. The van der Waals surface area contributed by atoms with E-state index < -0.39 is 0 Å². The van der Waals surface area contributed by atoms with E-state index in [2.05, 4.69) is 34.2 Å². The Morgan fingerprint density at radius 1 is 0.750 bits per heavy atom. The van der Waals surface area contributed by atoms with Crippen molar-refractivity contribution >= 4 is 22.5 Å². The molecule has 2 heterocycles. The molecule has 5 rings (SSSR count). The molecular weight excluding hydrogens is 394 g/mol. The zero-order valence-corrected chi connectivity index (χ0v) is 17.4. The summed E-state index contributed by atoms with van der Waals surface area (Å²) in [5.74, 6) is -0.141. The van der Waals surface area contributed by atoms with Crippen LogP contribution in [0.1, 0.15) is 16.1 Å². The summed E-state index contributed by atoms with van der Waals surface area (Å²) in [5.41, 5.74) is 5.21. The van der Waals surface area contributed by atoms with Gasteiger partial charge in [0.25, 0.3) is 5.91 Å². The van der Waals surface area contributed by atoms with Crippen LogP contribution in [-0.2, 0) is 6.54 Å². The van der Waals surface area contributed by atoms with Crippen molar-refractivity contribution < 1.29 is 4.79 Å². The summed E-state index contributed by atoms with van der Waals surface area (Å²) in [6.45, 7) is 0.452. The third-order valence-electron chi connectivity index (χ3n) is 5.40. The molecule has 4 nitrogen and oxygen atoms in total. The van der Waals surface area contributed by atoms with Gasteiger partial charge in [-0.15, -0.1) is 0 Å². The summed E-state index contributed by atoms with van der Waals surface area (Å²) in [6, 6.07) is 33.7. The molecule has 5 aromatic rings. The smallest absolute Gasteiger partial charge is 0.277 e. The maximum atomic E-state index is 13.7. The lowest BCUT2D eigenvalue weighted by molar-refractivity contribution is 0.0980. The van der Waals surface area contributed by atoms with Gasteiger partial charge in [0.05, 0.1) is 12.1 Å². The lowest BCUT2D eigenvalue weighted by Crippen LogP contribution is -2.31. The Hall–Kier alpha value is -4.31. The number of rotatable bonds is 5. The van der Waals surface area contributed by atoms with Gasteiger partial charge < -0.3 is 4.90 Å². The number of carbonyl (C=O) groups excluding carboxylic acids is 1. The second kappa shape index (κ2) is 8.82. The summed E-state index contributed by atoms with van der Waals surface area (Å²) in [4.78, 5) is 24.2. The van der Waals surface area contributed by atoms with E-state index in [1.807, 2.05) is 72.8 Å². The van der Waals surface area contributed by atoms with E-state index in [4.69, 9.17) is 0 Å². The highest BCUT2D eigenvalue weighted by Crippen LogP contribution is 2.27. The number of fused-ring (bicyclic) bond motifs is 1. The van der Waals surface area contributed by atoms with Crippen molar-refractivity contribution in [2.45, 2.75) is 6.54 Å². The van der Waals surface area contributed by atoms with Crippen LogP contribution in [-0.4, -0.2) is 15.9 Å². The van der Waals surface area contributed by atoms with E-state index in [-0.39, 0.29) is 5.91 Å². The summed E-state index contributed by atoms with van der Waals surface area (Å²) in [6.07, 6.45) is 3.44. The summed E-state index contributed by atoms with van der Waals surface area (Å²) >= 11 is 0. The van der Waals surface area contributed by atoms with E-state index in [0.29, 0.717) is 12.2 Å². The van der Waals surface area contributed by atoms with Crippen LogP contribution in [0.3, 0.4) is 0 Å². The summed E-state index contributed by atoms with van der Waals surface area (Å²) in [7, 11) is 0. The quantitative estimate of drug-likeness (QED) is 0.346. The molecule has 4 heteroatoms. The number of aromatic nitrogens is 2. The van der Waals surface area contributed by atoms with Gasteiger partial charge in [-0.25, -0.2) is 4.98 Å².